The number of nitrogens with zero attached hydrogens (tertiary/aromatic N) is 1. The third-order valence-electron chi connectivity index (χ3n) is 4.09. The smallest absolute Gasteiger partial charge is 0.410 e. The first-order valence-electron chi connectivity index (χ1n) is 7.35. The number of sulfonamides is 1. The zero-order valence-corrected chi connectivity index (χ0v) is 14.4. The van der Waals surface area contributed by atoms with E-state index in [-0.39, 0.29) is 25.3 Å². The Hall–Kier alpha value is -2.04. The standard InChI is InChI=1S/C15H19F2N3O4S/c1-3-6-24-14(21)20-8-13(25(22,23)19-2)15(18,9-20)11-5-4-10(16)7-12(11)17/h3-5,7,13,19H,1,6,8-9,18H2,2H3/t13-,15+/m1/s1. The van der Waals surface area contributed by atoms with Gasteiger partial charge in [0, 0.05) is 24.7 Å². The van der Waals surface area contributed by atoms with Crippen LogP contribution in [0, 0.1) is 11.6 Å². The second-order valence-electron chi connectivity index (χ2n) is 5.65. The van der Waals surface area contributed by atoms with Crippen LogP contribution in [0.15, 0.2) is 30.9 Å². The number of halogens is 2. The molecule has 0 aromatic heterocycles. The van der Waals surface area contributed by atoms with Gasteiger partial charge in [0.2, 0.25) is 10.0 Å². The van der Waals surface area contributed by atoms with Crippen LogP contribution in [0.5, 0.6) is 0 Å². The summed E-state index contributed by atoms with van der Waals surface area (Å²) in [4.78, 5) is 13.1. The van der Waals surface area contributed by atoms with Gasteiger partial charge in [-0.25, -0.2) is 26.7 Å². The quantitative estimate of drug-likeness (QED) is 0.737. The fraction of sp³-hybridized carbons (Fsp3) is 0.400. The predicted octanol–water partition coefficient (Wildman–Crippen LogP) is 0.675. The van der Waals surface area contributed by atoms with Crippen LogP contribution in [0.2, 0.25) is 0 Å². The molecule has 1 amide bonds. The first-order valence-corrected chi connectivity index (χ1v) is 8.89. The highest BCUT2D eigenvalue weighted by molar-refractivity contribution is 7.90. The van der Waals surface area contributed by atoms with Crippen molar-refractivity contribution in [3.63, 3.8) is 0 Å². The van der Waals surface area contributed by atoms with Crippen LogP contribution in [0.3, 0.4) is 0 Å². The average molecular weight is 375 g/mol. The van der Waals surface area contributed by atoms with Gasteiger partial charge in [-0.05, 0) is 13.1 Å². The van der Waals surface area contributed by atoms with Gasteiger partial charge in [0.15, 0.2) is 0 Å². The van der Waals surface area contributed by atoms with Crippen molar-refractivity contribution in [2.24, 2.45) is 5.73 Å². The molecule has 0 spiro atoms. The number of amides is 1. The number of nitrogens with one attached hydrogen (secondary N) is 1. The SMILES string of the molecule is C=CCOC(=O)N1C[C@@H](S(=O)(=O)NC)[C@@](N)(c2ccc(F)cc2F)C1. The molecular formula is C15H19F2N3O4S. The fourth-order valence-corrected chi connectivity index (χ4v) is 4.26. The van der Waals surface area contributed by atoms with E-state index in [0.29, 0.717) is 6.07 Å². The number of likely N-dealkylation sites (tertiary alicyclic amines) is 1. The molecule has 1 saturated heterocycles. The Labute approximate surface area is 144 Å². The van der Waals surface area contributed by atoms with Crippen LogP contribution in [-0.4, -0.2) is 51.4 Å². The zero-order chi connectivity index (χ0) is 18.8. The van der Waals surface area contributed by atoms with Crippen molar-refractivity contribution in [3.8, 4) is 0 Å². The third kappa shape index (κ3) is 3.65. The van der Waals surface area contributed by atoms with Crippen LogP contribution < -0.4 is 10.5 Å². The van der Waals surface area contributed by atoms with Gasteiger partial charge in [-0.15, -0.1) is 0 Å². The monoisotopic (exact) mass is 375 g/mol. The molecule has 2 atom stereocenters. The number of carbonyl (C=O) groups excluding carboxylic acids is 1. The molecule has 3 N–H and O–H groups in total. The Morgan fingerprint density at radius 3 is 2.80 bits per heavy atom. The molecule has 7 nitrogen and oxygen atoms in total. The lowest BCUT2D eigenvalue weighted by Crippen LogP contribution is -2.53. The number of nitrogens with two attached hydrogens (primary N) is 1. The van der Waals surface area contributed by atoms with Gasteiger partial charge >= 0.3 is 6.09 Å². The average Bonchev–Trinajstić information content (AvgIpc) is 2.92. The van der Waals surface area contributed by atoms with Crippen LogP contribution in [0.1, 0.15) is 5.56 Å². The van der Waals surface area contributed by atoms with Crippen molar-refractivity contribution in [1.29, 1.82) is 0 Å². The summed E-state index contributed by atoms with van der Waals surface area (Å²) in [6, 6.07) is 2.68. The zero-order valence-electron chi connectivity index (χ0n) is 13.5. The van der Waals surface area contributed by atoms with E-state index in [4.69, 9.17) is 10.5 Å². The summed E-state index contributed by atoms with van der Waals surface area (Å²) in [5.41, 5.74) is 4.27. The molecule has 138 valence electrons. The molecule has 0 saturated carbocycles. The van der Waals surface area contributed by atoms with E-state index in [1.807, 2.05) is 0 Å². The molecule has 0 unspecified atom stereocenters. The van der Waals surface area contributed by atoms with Crippen molar-refractivity contribution in [2.45, 2.75) is 10.8 Å². The number of rotatable bonds is 5. The highest BCUT2D eigenvalue weighted by Crippen LogP contribution is 2.35. The summed E-state index contributed by atoms with van der Waals surface area (Å²) >= 11 is 0. The highest BCUT2D eigenvalue weighted by Gasteiger charge is 2.54. The van der Waals surface area contributed by atoms with E-state index in [9.17, 15) is 22.0 Å². The van der Waals surface area contributed by atoms with Crippen molar-refractivity contribution in [2.75, 3.05) is 26.7 Å². The molecule has 2 rings (SSSR count). The summed E-state index contributed by atoms with van der Waals surface area (Å²) in [5, 5.41) is -1.35. The maximum Gasteiger partial charge on any atom is 0.410 e. The van der Waals surface area contributed by atoms with Crippen LogP contribution in [0.4, 0.5) is 13.6 Å². The molecular weight excluding hydrogens is 356 g/mol. The van der Waals surface area contributed by atoms with Crippen LogP contribution in [-0.2, 0) is 20.3 Å². The van der Waals surface area contributed by atoms with Gasteiger partial charge in [0.1, 0.15) is 23.5 Å². The van der Waals surface area contributed by atoms with Crippen LogP contribution in [0.25, 0.3) is 0 Å². The van der Waals surface area contributed by atoms with Gasteiger partial charge in [-0.2, -0.15) is 0 Å². The lowest BCUT2D eigenvalue weighted by Gasteiger charge is -2.30. The molecule has 1 aromatic carbocycles. The maximum atomic E-state index is 14.3. The number of ether oxygens (including phenoxy) is 1. The Morgan fingerprint density at radius 2 is 2.24 bits per heavy atom. The largest absolute Gasteiger partial charge is 0.445 e. The van der Waals surface area contributed by atoms with E-state index in [0.717, 1.165) is 17.0 Å². The minimum Gasteiger partial charge on any atom is -0.445 e. The summed E-state index contributed by atoms with van der Waals surface area (Å²) in [6.45, 7) is 2.74. The van der Waals surface area contributed by atoms with Crippen molar-refractivity contribution >= 4 is 16.1 Å². The number of hydrogen-bond donors (Lipinski definition) is 2. The Balaban J connectivity index is 2.47. The normalized spacial score (nSPS) is 23.5. The summed E-state index contributed by atoms with van der Waals surface area (Å²) < 4.78 is 59.2. The van der Waals surface area contributed by atoms with E-state index in [1.54, 1.807) is 0 Å². The molecule has 1 heterocycles. The van der Waals surface area contributed by atoms with Crippen molar-refractivity contribution in [3.05, 3.63) is 48.1 Å². The second-order valence-corrected chi connectivity index (χ2v) is 7.72. The maximum absolute atomic E-state index is 14.3. The van der Waals surface area contributed by atoms with Gasteiger partial charge in [0.05, 0.1) is 5.54 Å². The Morgan fingerprint density at radius 1 is 1.56 bits per heavy atom. The van der Waals surface area contributed by atoms with E-state index in [1.165, 1.54) is 13.1 Å². The topological polar surface area (TPSA) is 102 Å². The van der Waals surface area contributed by atoms with E-state index < -0.39 is 38.5 Å². The van der Waals surface area contributed by atoms with Gasteiger partial charge in [-0.3, -0.25) is 0 Å². The van der Waals surface area contributed by atoms with Crippen LogP contribution >= 0.6 is 0 Å². The lowest BCUT2D eigenvalue weighted by atomic mass is 9.89. The number of hydrogen-bond acceptors (Lipinski definition) is 5. The van der Waals surface area contributed by atoms with Crippen molar-refractivity contribution < 1.29 is 26.7 Å². The summed E-state index contributed by atoms with van der Waals surface area (Å²) in [7, 11) is -2.78. The Bertz CT molecular complexity index is 787. The summed E-state index contributed by atoms with van der Waals surface area (Å²) in [5.74, 6) is -1.81. The van der Waals surface area contributed by atoms with Gasteiger partial charge in [0.25, 0.3) is 0 Å². The lowest BCUT2D eigenvalue weighted by molar-refractivity contribution is 0.119. The number of carbonyl (C=O) groups is 1. The first-order chi connectivity index (χ1) is 11.7. The minimum absolute atomic E-state index is 0.0682. The third-order valence-corrected chi connectivity index (χ3v) is 5.98. The minimum atomic E-state index is -3.97. The first kappa shape index (κ1) is 19.3. The predicted molar refractivity (Wildman–Crippen MR) is 87.1 cm³/mol. The second kappa shape index (κ2) is 7.06. The molecule has 0 radical (unpaired) electrons. The number of benzene rings is 1. The molecule has 10 heteroatoms. The van der Waals surface area contributed by atoms with Gasteiger partial charge in [-0.1, -0.05) is 18.7 Å². The molecule has 1 aliphatic rings. The molecule has 1 aromatic rings. The van der Waals surface area contributed by atoms with Crippen molar-refractivity contribution in [1.82, 2.24) is 9.62 Å². The fourth-order valence-electron chi connectivity index (χ4n) is 2.85. The van der Waals surface area contributed by atoms with E-state index >= 15 is 0 Å². The van der Waals surface area contributed by atoms with Gasteiger partial charge < -0.3 is 15.4 Å². The summed E-state index contributed by atoms with van der Waals surface area (Å²) in [6.07, 6.45) is 0.552. The highest BCUT2D eigenvalue weighted by atomic mass is 32.2. The van der Waals surface area contributed by atoms with E-state index in [2.05, 4.69) is 11.3 Å². The molecule has 0 bridgehead atoms. The molecule has 25 heavy (non-hydrogen) atoms. The molecule has 1 aliphatic heterocycles. The molecule has 0 aliphatic carbocycles. The Kier molecular flexibility index (Phi) is 5.45. The molecule has 1 fully saturated rings.